The molecular formula is C19H22ClNO. The number of rotatable bonds is 5. The second-order valence-corrected chi connectivity index (χ2v) is 6.49. The third-order valence-electron chi connectivity index (χ3n) is 3.63. The molecule has 0 heterocycles. The Bertz CT molecular complexity index is 617. The summed E-state index contributed by atoms with van der Waals surface area (Å²) in [5.74, 6) is 0.430. The summed E-state index contributed by atoms with van der Waals surface area (Å²) in [6.45, 7) is 6.33. The number of hydrogen-bond donors (Lipinski definition) is 1. The number of nitrogens with one attached hydrogen (secondary N) is 1. The fourth-order valence-corrected chi connectivity index (χ4v) is 2.47. The van der Waals surface area contributed by atoms with Crippen molar-refractivity contribution in [3.8, 4) is 0 Å². The maximum absolute atomic E-state index is 12.3. The van der Waals surface area contributed by atoms with E-state index in [1.54, 1.807) is 24.3 Å². The SMILES string of the molecule is CC(C)Cc1ccc([C@@H](C)C(=O)Nc2ccc(Cl)cc2)cc1. The summed E-state index contributed by atoms with van der Waals surface area (Å²) < 4.78 is 0. The van der Waals surface area contributed by atoms with Gasteiger partial charge in [0.1, 0.15) is 0 Å². The third-order valence-corrected chi connectivity index (χ3v) is 3.88. The van der Waals surface area contributed by atoms with Gasteiger partial charge in [0.25, 0.3) is 0 Å². The van der Waals surface area contributed by atoms with Crippen LogP contribution in [0.25, 0.3) is 0 Å². The molecule has 0 aromatic heterocycles. The lowest BCUT2D eigenvalue weighted by Gasteiger charge is -2.14. The fourth-order valence-electron chi connectivity index (χ4n) is 2.35. The second-order valence-electron chi connectivity index (χ2n) is 6.06. The molecule has 0 aliphatic rings. The number of anilines is 1. The zero-order valence-electron chi connectivity index (χ0n) is 13.3. The van der Waals surface area contributed by atoms with E-state index in [2.05, 4.69) is 31.3 Å². The molecule has 0 fully saturated rings. The number of amides is 1. The fraction of sp³-hybridized carbons (Fsp3) is 0.316. The maximum Gasteiger partial charge on any atom is 0.231 e. The van der Waals surface area contributed by atoms with Gasteiger partial charge in [0.15, 0.2) is 0 Å². The molecule has 0 saturated heterocycles. The minimum Gasteiger partial charge on any atom is -0.326 e. The lowest BCUT2D eigenvalue weighted by atomic mass is 9.96. The summed E-state index contributed by atoms with van der Waals surface area (Å²) >= 11 is 5.84. The summed E-state index contributed by atoms with van der Waals surface area (Å²) in [6, 6.07) is 15.5. The highest BCUT2D eigenvalue weighted by Gasteiger charge is 2.15. The van der Waals surface area contributed by atoms with E-state index in [0.29, 0.717) is 10.9 Å². The van der Waals surface area contributed by atoms with Gasteiger partial charge in [-0.3, -0.25) is 4.79 Å². The van der Waals surface area contributed by atoms with E-state index in [-0.39, 0.29) is 11.8 Å². The van der Waals surface area contributed by atoms with E-state index in [1.807, 2.05) is 19.1 Å². The predicted molar refractivity (Wildman–Crippen MR) is 93.5 cm³/mol. The Balaban J connectivity index is 2.02. The number of hydrogen-bond acceptors (Lipinski definition) is 1. The van der Waals surface area contributed by atoms with Crippen LogP contribution in [-0.4, -0.2) is 5.91 Å². The molecule has 22 heavy (non-hydrogen) atoms. The monoisotopic (exact) mass is 315 g/mol. The Labute approximate surface area is 137 Å². The van der Waals surface area contributed by atoms with Gasteiger partial charge in [-0.15, -0.1) is 0 Å². The highest BCUT2D eigenvalue weighted by molar-refractivity contribution is 6.30. The van der Waals surface area contributed by atoms with Gasteiger partial charge in [0.2, 0.25) is 5.91 Å². The van der Waals surface area contributed by atoms with E-state index < -0.39 is 0 Å². The predicted octanol–water partition coefficient (Wildman–Crippen LogP) is 5.28. The molecule has 0 bridgehead atoms. The van der Waals surface area contributed by atoms with Crippen molar-refractivity contribution in [2.24, 2.45) is 5.92 Å². The van der Waals surface area contributed by atoms with Crippen LogP contribution in [0.2, 0.25) is 5.02 Å². The number of benzene rings is 2. The Hall–Kier alpha value is -1.80. The van der Waals surface area contributed by atoms with Gasteiger partial charge in [-0.05, 0) is 54.7 Å². The molecule has 2 aromatic rings. The molecule has 0 aliphatic carbocycles. The van der Waals surface area contributed by atoms with E-state index >= 15 is 0 Å². The highest BCUT2D eigenvalue weighted by Crippen LogP contribution is 2.20. The van der Waals surface area contributed by atoms with Gasteiger partial charge in [0, 0.05) is 10.7 Å². The summed E-state index contributed by atoms with van der Waals surface area (Å²) in [5, 5.41) is 3.58. The summed E-state index contributed by atoms with van der Waals surface area (Å²) in [4.78, 5) is 12.3. The molecule has 2 aromatic carbocycles. The van der Waals surface area contributed by atoms with E-state index in [9.17, 15) is 4.79 Å². The van der Waals surface area contributed by atoms with Crippen molar-refractivity contribution >= 4 is 23.2 Å². The molecule has 3 heteroatoms. The molecular weight excluding hydrogens is 294 g/mol. The molecule has 1 N–H and O–H groups in total. The molecule has 0 saturated carbocycles. The molecule has 0 radical (unpaired) electrons. The Morgan fingerprint density at radius 1 is 1.00 bits per heavy atom. The highest BCUT2D eigenvalue weighted by atomic mass is 35.5. The van der Waals surface area contributed by atoms with Crippen molar-refractivity contribution in [2.45, 2.75) is 33.1 Å². The Morgan fingerprint density at radius 3 is 2.14 bits per heavy atom. The third kappa shape index (κ3) is 4.60. The van der Waals surface area contributed by atoms with Crippen LogP contribution in [0.15, 0.2) is 48.5 Å². The second kappa shape index (κ2) is 7.46. The molecule has 1 amide bonds. The van der Waals surface area contributed by atoms with Gasteiger partial charge in [0.05, 0.1) is 5.92 Å². The zero-order valence-corrected chi connectivity index (χ0v) is 14.0. The number of carbonyl (C=O) groups excluding carboxylic acids is 1. The van der Waals surface area contributed by atoms with Crippen molar-refractivity contribution in [3.05, 3.63) is 64.7 Å². The van der Waals surface area contributed by atoms with Gasteiger partial charge in [-0.25, -0.2) is 0 Å². The average molecular weight is 316 g/mol. The number of halogens is 1. The normalized spacial score (nSPS) is 12.2. The van der Waals surface area contributed by atoms with Crippen molar-refractivity contribution in [3.63, 3.8) is 0 Å². The van der Waals surface area contributed by atoms with E-state index in [4.69, 9.17) is 11.6 Å². The Kier molecular flexibility index (Phi) is 5.62. The smallest absolute Gasteiger partial charge is 0.231 e. The minimum atomic E-state index is -0.191. The van der Waals surface area contributed by atoms with Crippen molar-refractivity contribution < 1.29 is 4.79 Å². The van der Waals surface area contributed by atoms with Crippen molar-refractivity contribution in [1.29, 1.82) is 0 Å². The largest absolute Gasteiger partial charge is 0.326 e. The zero-order chi connectivity index (χ0) is 16.1. The topological polar surface area (TPSA) is 29.1 Å². The first-order valence-electron chi connectivity index (χ1n) is 7.61. The van der Waals surface area contributed by atoms with Crippen LogP contribution in [0, 0.1) is 5.92 Å². The standard InChI is InChI=1S/C19H22ClNO/c1-13(2)12-15-4-6-16(7-5-15)14(3)19(22)21-18-10-8-17(20)9-11-18/h4-11,13-14H,12H2,1-3H3,(H,21,22)/t14-/m1/s1. The van der Waals surface area contributed by atoms with Crippen LogP contribution < -0.4 is 5.32 Å². The van der Waals surface area contributed by atoms with Crippen LogP contribution in [0.3, 0.4) is 0 Å². The van der Waals surface area contributed by atoms with Gasteiger partial charge < -0.3 is 5.32 Å². The first-order chi connectivity index (χ1) is 10.5. The lowest BCUT2D eigenvalue weighted by molar-refractivity contribution is -0.117. The molecule has 0 aliphatic heterocycles. The van der Waals surface area contributed by atoms with Crippen LogP contribution in [-0.2, 0) is 11.2 Å². The molecule has 1 atom stereocenters. The maximum atomic E-state index is 12.3. The lowest BCUT2D eigenvalue weighted by Crippen LogP contribution is -2.18. The van der Waals surface area contributed by atoms with E-state index in [1.165, 1.54) is 5.56 Å². The molecule has 2 nitrogen and oxygen atoms in total. The first-order valence-corrected chi connectivity index (χ1v) is 7.99. The van der Waals surface area contributed by atoms with Crippen molar-refractivity contribution in [1.82, 2.24) is 0 Å². The van der Waals surface area contributed by atoms with Crippen LogP contribution in [0.4, 0.5) is 5.69 Å². The van der Waals surface area contributed by atoms with Gasteiger partial charge in [-0.2, -0.15) is 0 Å². The summed E-state index contributed by atoms with van der Waals surface area (Å²) in [5.41, 5.74) is 3.10. The van der Waals surface area contributed by atoms with Crippen molar-refractivity contribution in [2.75, 3.05) is 5.32 Å². The van der Waals surface area contributed by atoms with Crippen LogP contribution >= 0.6 is 11.6 Å². The van der Waals surface area contributed by atoms with Gasteiger partial charge >= 0.3 is 0 Å². The molecule has 116 valence electrons. The van der Waals surface area contributed by atoms with E-state index in [0.717, 1.165) is 17.7 Å². The molecule has 0 spiro atoms. The minimum absolute atomic E-state index is 0.0149. The quantitative estimate of drug-likeness (QED) is 0.799. The Morgan fingerprint density at radius 2 is 1.59 bits per heavy atom. The summed E-state index contributed by atoms with van der Waals surface area (Å²) in [6.07, 6.45) is 1.06. The van der Waals surface area contributed by atoms with Gasteiger partial charge in [-0.1, -0.05) is 49.7 Å². The molecule has 2 rings (SSSR count). The average Bonchev–Trinajstić information content (AvgIpc) is 2.49. The summed E-state index contributed by atoms with van der Waals surface area (Å²) in [7, 11) is 0. The molecule has 0 unspecified atom stereocenters. The first kappa shape index (κ1) is 16.6. The van der Waals surface area contributed by atoms with Crippen LogP contribution in [0.1, 0.15) is 37.8 Å². The van der Waals surface area contributed by atoms with Crippen LogP contribution in [0.5, 0.6) is 0 Å². The number of carbonyl (C=O) groups is 1.